The molecule has 3 heterocycles. The molecule has 1 aromatic carbocycles. The number of ether oxygens (including phenoxy) is 6. The average molecular weight is 715 g/mol. The van der Waals surface area contributed by atoms with Gasteiger partial charge in [-0.2, -0.15) is 0 Å². The molecule has 0 radical (unpaired) electrons. The van der Waals surface area contributed by atoms with Crippen LogP contribution < -0.4 is 14.2 Å². The van der Waals surface area contributed by atoms with Crippen LogP contribution in [0.2, 0.25) is 0 Å². The van der Waals surface area contributed by atoms with Crippen molar-refractivity contribution in [2.45, 2.75) is 110 Å². The maximum atomic E-state index is 15.1. The fourth-order valence-electron chi connectivity index (χ4n) is 8.76. The van der Waals surface area contributed by atoms with Crippen molar-refractivity contribution in [1.29, 1.82) is 0 Å². The van der Waals surface area contributed by atoms with Crippen LogP contribution in [0.1, 0.15) is 103 Å². The number of fused-ring (bicyclic) bond motifs is 2. The molecule has 10 heteroatoms. The van der Waals surface area contributed by atoms with Crippen LogP contribution >= 0.6 is 0 Å². The zero-order valence-corrected chi connectivity index (χ0v) is 31.9. The molecule has 1 saturated heterocycles. The van der Waals surface area contributed by atoms with Crippen LogP contribution in [-0.4, -0.2) is 66.7 Å². The van der Waals surface area contributed by atoms with Crippen LogP contribution in [0.3, 0.4) is 0 Å². The van der Waals surface area contributed by atoms with Crippen LogP contribution in [0.4, 0.5) is 0 Å². The van der Waals surface area contributed by atoms with Crippen molar-refractivity contribution in [1.82, 2.24) is 0 Å². The number of Topliss-reactive ketones (excluding diaryl/α,β-unsaturated/α-hetero) is 2. The van der Waals surface area contributed by atoms with E-state index in [1.807, 2.05) is 59.8 Å². The Labute approximate surface area is 305 Å². The number of hydrogen-bond acceptors (Lipinski definition) is 10. The van der Waals surface area contributed by atoms with Gasteiger partial charge >= 0.3 is 11.9 Å². The van der Waals surface area contributed by atoms with Crippen molar-refractivity contribution in [2.75, 3.05) is 20.8 Å². The molecule has 0 N–H and O–H groups in total. The molecular weight excluding hydrogens is 664 g/mol. The Morgan fingerprint density at radius 3 is 2.37 bits per heavy atom. The summed E-state index contributed by atoms with van der Waals surface area (Å²) in [6.45, 7) is 15.1. The lowest BCUT2D eigenvalue weighted by Gasteiger charge is -2.56. The van der Waals surface area contributed by atoms with Gasteiger partial charge in [0.15, 0.2) is 22.8 Å². The molecule has 4 bridgehead atoms. The predicted molar refractivity (Wildman–Crippen MR) is 194 cm³/mol. The Morgan fingerprint density at radius 1 is 0.981 bits per heavy atom. The Hall–Kier alpha value is -4.44. The van der Waals surface area contributed by atoms with E-state index in [-0.39, 0.29) is 36.5 Å². The van der Waals surface area contributed by atoms with E-state index in [0.717, 1.165) is 11.1 Å². The van der Waals surface area contributed by atoms with Gasteiger partial charge in [-0.1, -0.05) is 29.9 Å². The third-order valence-electron chi connectivity index (χ3n) is 11.3. The number of allylic oxidation sites excluding steroid dienone is 4. The summed E-state index contributed by atoms with van der Waals surface area (Å²) in [5.41, 5.74) is -0.248. The summed E-state index contributed by atoms with van der Waals surface area (Å²) < 4.78 is 37.2. The molecular formula is C42H50O10. The number of hydrogen-bond donors (Lipinski definition) is 0. The number of carbonyl (C=O) groups is 4. The summed E-state index contributed by atoms with van der Waals surface area (Å²) in [7, 11) is 2.84. The maximum Gasteiger partial charge on any atom is 0.333 e. The van der Waals surface area contributed by atoms with Gasteiger partial charge in [-0.05, 0) is 91.9 Å². The molecule has 5 atom stereocenters. The highest BCUT2D eigenvalue weighted by atomic mass is 16.6. The highest BCUT2D eigenvalue weighted by Crippen LogP contribution is 2.68. The molecule has 1 saturated carbocycles. The molecule has 3 aliphatic carbocycles. The Morgan fingerprint density at radius 2 is 1.71 bits per heavy atom. The molecule has 0 amide bonds. The van der Waals surface area contributed by atoms with Crippen LogP contribution in [-0.2, 0) is 35.0 Å². The maximum absolute atomic E-state index is 15.1. The van der Waals surface area contributed by atoms with Crippen LogP contribution in [0.25, 0.3) is 6.08 Å². The molecule has 278 valence electrons. The van der Waals surface area contributed by atoms with Gasteiger partial charge in [0.1, 0.15) is 35.0 Å². The molecule has 1 aromatic rings. The average Bonchev–Trinajstić information content (AvgIpc) is 3.24. The van der Waals surface area contributed by atoms with E-state index >= 15 is 4.79 Å². The van der Waals surface area contributed by atoms with E-state index in [4.69, 9.17) is 28.4 Å². The highest BCUT2D eigenvalue weighted by molar-refractivity contribution is 6.19. The van der Waals surface area contributed by atoms with Crippen LogP contribution in [0, 0.1) is 11.8 Å². The quantitative estimate of drug-likeness (QED) is 0.132. The lowest BCUT2D eigenvalue weighted by atomic mass is 9.51. The molecule has 6 aliphatic rings. The SMILES string of the molecule is COC(=O)/C(C)=C\C[C@@]12OC(C)(C)[C@@H]3C[C@H](C=C4C(=O)c5c(OC)c6c(c(CC=C(C)C)c5O[C@]431)O[C@](C)(CC/C=C(\C)COC(C)=O)C=C6)C2=O. The lowest BCUT2D eigenvalue weighted by Crippen LogP contribution is -2.72. The second-order valence-corrected chi connectivity index (χ2v) is 15.7. The van der Waals surface area contributed by atoms with Crippen LogP contribution in [0.15, 0.2) is 52.7 Å². The van der Waals surface area contributed by atoms with E-state index in [1.54, 1.807) is 19.1 Å². The van der Waals surface area contributed by atoms with E-state index in [1.165, 1.54) is 21.1 Å². The fourth-order valence-corrected chi connectivity index (χ4v) is 8.76. The van der Waals surface area contributed by atoms with E-state index in [2.05, 4.69) is 6.08 Å². The fraction of sp³-hybridized carbons (Fsp3) is 0.524. The van der Waals surface area contributed by atoms with E-state index < -0.39 is 34.3 Å². The third kappa shape index (κ3) is 5.74. The summed E-state index contributed by atoms with van der Waals surface area (Å²) in [5, 5.41) is 0. The molecule has 52 heavy (non-hydrogen) atoms. The molecule has 0 aromatic heterocycles. The van der Waals surface area contributed by atoms with Crippen molar-refractivity contribution in [3.8, 4) is 17.2 Å². The van der Waals surface area contributed by atoms with Crippen molar-refractivity contribution in [2.24, 2.45) is 11.8 Å². The second kappa shape index (κ2) is 13.2. The van der Waals surface area contributed by atoms with Crippen molar-refractivity contribution < 1.29 is 47.6 Å². The first-order chi connectivity index (χ1) is 24.4. The number of rotatable bonds is 11. The molecule has 1 spiro atoms. The van der Waals surface area contributed by atoms with E-state index in [9.17, 15) is 14.4 Å². The Bertz CT molecular complexity index is 1900. The summed E-state index contributed by atoms with van der Waals surface area (Å²) in [5.74, 6) is -0.951. The zero-order chi connectivity index (χ0) is 38.0. The van der Waals surface area contributed by atoms with Gasteiger partial charge in [-0.15, -0.1) is 0 Å². The number of esters is 2. The minimum Gasteiger partial charge on any atom is -0.495 e. The standard InChI is InChI=1S/C42H50O10/c1-23(2)13-14-28-34-29(16-18-40(8,50-34)17-11-12-24(3)22-49-26(5)43)35(47-9)32-33(44)30-20-27-21-31-39(6,7)52-41(37(27)45,42(30,31)51-36(28)32)19-15-25(4)38(46)48-10/h12-13,15-16,18,20,27,31H,11,14,17,19,21-22H2,1-10H3/b24-12+,25-15-/t27-,31-,40+,41-,42+/m0/s1. The largest absolute Gasteiger partial charge is 0.495 e. The molecule has 10 nitrogen and oxygen atoms in total. The highest BCUT2D eigenvalue weighted by Gasteiger charge is 2.81. The van der Waals surface area contributed by atoms with Gasteiger partial charge < -0.3 is 28.4 Å². The van der Waals surface area contributed by atoms with Gasteiger partial charge in [0, 0.05) is 41.9 Å². The van der Waals surface area contributed by atoms with Crippen molar-refractivity contribution in [3.05, 3.63) is 69.4 Å². The molecule has 2 fully saturated rings. The summed E-state index contributed by atoms with van der Waals surface area (Å²) >= 11 is 0. The van der Waals surface area contributed by atoms with Gasteiger partial charge in [0.2, 0.25) is 0 Å². The third-order valence-corrected chi connectivity index (χ3v) is 11.3. The number of carbonyl (C=O) groups excluding carboxylic acids is 4. The number of methoxy groups -OCH3 is 2. The van der Waals surface area contributed by atoms with Gasteiger partial charge in [-0.25, -0.2) is 4.79 Å². The van der Waals surface area contributed by atoms with Crippen molar-refractivity contribution in [3.63, 3.8) is 0 Å². The minimum atomic E-state index is -1.57. The number of ketones is 2. The van der Waals surface area contributed by atoms with Gasteiger partial charge in [-0.3, -0.25) is 14.4 Å². The first kappa shape index (κ1) is 37.3. The molecule has 3 aliphatic heterocycles. The second-order valence-electron chi connectivity index (χ2n) is 15.7. The number of benzene rings is 1. The zero-order valence-electron chi connectivity index (χ0n) is 31.9. The summed E-state index contributed by atoms with van der Waals surface area (Å²) in [6.07, 6.45) is 13.7. The van der Waals surface area contributed by atoms with Gasteiger partial charge in [0.25, 0.3) is 0 Å². The smallest absolute Gasteiger partial charge is 0.333 e. The van der Waals surface area contributed by atoms with Gasteiger partial charge in [0.05, 0.1) is 25.4 Å². The summed E-state index contributed by atoms with van der Waals surface area (Å²) in [6, 6.07) is 0. The normalized spacial score (nSPS) is 29.2. The Balaban J connectivity index is 1.52. The first-order valence-corrected chi connectivity index (χ1v) is 18.0. The topological polar surface area (TPSA) is 124 Å². The predicted octanol–water partition coefficient (Wildman–Crippen LogP) is 7.17. The van der Waals surface area contributed by atoms with Crippen molar-refractivity contribution >= 4 is 29.6 Å². The molecule has 7 rings (SSSR count). The monoisotopic (exact) mass is 714 g/mol. The Kier molecular flexibility index (Phi) is 9.48. The van der Waals surface area contributed by atoms with E-state index in [0.29, 0.717) is 70.8 Å². The minimum absolute atomic E-state index is 0.0240. The molecule has 0 unspecified atom stereocenters. The van der Waals surface area contributed by atoms with Crippen LogP contribution in [0.5, 0.6) is 17.2 Å². The summed E-state index contributed by atoms with van der Waals surface area (Å²) in [4.78, 5) is 53.4. The lowest BCUT2D eigenvalue weighted by molar-refractivity contribution is -0.171. The first-order valence-electron chi connectivity index (χ1n) is 18.0.